The summed E-state index contributed by atoms with van der Waals surface area (Å²) in [5.41, 5.74) is -4.22. The first-order valence-corrected chi connectivity index (χ1v) is 42.8. The molecule has 0 aliphatic carbocycles. The summed E-state index contributed by atoms with van der Waals surface area (Å²) in [5, 5.41) is 113. The standard InChI is InChI=1S/C56H42N12O37S10/c1-22-11-36(40(101-9-2-10-106-104-102-75)20-35(22)61-63-37-15-25(108(77,78)79)12-23-13-26(109(80,81)82)16-39(69)46(23)37)62-67-51-45(113(92,93)94)19-30-28(53(51)71)5-8-34(56(30)115(98,99)100)60-66-50-44(112(89,90)91)18-29-27(52(50)70)4-7-33(55(29)114(95,96)97)59-64-38-21-42(110(83,84)85)31-17-41(107-105-103-76)49(54(72)47(31)48(38)57)65-58-32-6-3-24(68(73)74)14-43(32)111(86,87)88/h3-8,11-21,69-72,75-76H,2,9-10,57H2,1H3,(H,77,78,79)(H,80,81,82)(H,83,84,85)(H,86,87,88)(H,89,90,91)(H,92,93,94)(H,95,96,97)(H,98,99,100). The zero-order chi connectivity index (χ0) is 84.9. The fraction of sp³-hybridized carbons (Fsp3) is 0.0714. The highest BCUT2D eigenvalue weighted by Gasteiger charge is 2.33. The molecule has 115 heavy (non-hydrogen) atoms. The highest BCUT2D eigenvalue weighted by molar-refractivity contribution is 7.95. The van der Waals surface area contributed by atoms with Gasteiger partial charge in [-0.1, -0.05) is 10.1 Å². The number of rotatable bonds is 29. The summed E-state index contributed by atoms with van der Waals surface area (Å²) in [6.45, 7) is 1.04. The molecule has 0 aromatic heterocycles. The quantitative estimate of drug-likeness (QED) is 0.00303. The molecular formula is C56H42N12O37S10. The number of ether oxygens (including phenoxy) is 1. The van der Waals surface area contributed by atoms with Crippen LogP contribution in [0.3, 0.4) is 0 Å². The number of azo groups is 5. The number of benzene rings is 10. The minimum Gasteiger partial charge on any atom is -0.507 e. The topological polar surface area (TPSA) is 795 Å². The molecule has 0 amide bonds. The second kappa shape index (κ2) is 32.5. The Kier molecular flexibility index (Phi) is 24.4. The summed E-state index contributed by atoms with van der Waals surface area (Å²) < 4.78 is 303. The Labute approximate surface area is 649 Å². The highest BCUT2D eigenvalue weighted by Crippen LogP contribution is 2.53. The summed E-state index contributed by atoms with van der Waals surface area (Å²) in [7, 11) is -44.6. The van der Waals surface area contributed by atoms with Crippen molar-refractivity contribution < 1.29 is 163 Å². The first kappa shape index (κ1) is 86.6. The predicted molar refractivity (Wildman–Crippen MR) is 389 cm³/mol. The number of phenolic OH excluding ortho intramolecular Hbond substituents is 4. The lowest BCUT2D eigenvalue weighted by Gasteiger charge is -2.15. The third-order valence-corrected chi connectivity index (χ3v) is 23.7. The lowest BCUT2D eigenvalue weighted by Crippen LogP contribution is -2.04. The summed E-state index contributed by atoms with van der Waals surface area (Å²) in [5.74, 6) is -5.39. The van der Waals surface area contributed by atoms with E-state index in [1.807, 2.05) is 0 Å². The van der Waals surface area contributed by atoms with Crippen LogP contribution in [0.4, 0.5) is 68.2 Å². The number of nitrogens with zero attached hydrogens (tertiary/aromatic N) is 11. The van der Waals surface area contributed by atoms with Gasteiger partial charge in [-0.25, -0.2) is 10.5 Å². The van der Waals surface area contributed by atoms with Gasteiger partial charge in [0.2, 0.25) is 0 Å². The monoisotopic (exact) mass is 1790 g/mol. The molecule has 10 aromatic rings. The lowest BCUT2D eigenvalue weighted by atomic mass is 10.0. The van der Waals surface area contributed by atoms with Crippen LogP contribution in [-0.4, -0.2) is 152 Å². The van der Waals surface area contributed by atoms with Gasteiger partial charge in [-0.2, -0.15) is 72.5 Å². The molecule has 0 saturated carbocycles. The number of nitrogen functional groups attached to an aromatic ring is 1. The molecule has 59 heteroatoms. The van der Waals surface area contributed by atoms with Gasteiger partial charge < -0.3 is 30.9 Å². The normalized spacial score (nSPS) is 13.2. The van der Waals surface area contributed by atoms with E-state index in [0.717, 1.165) is 36.4 Å². The van der Waals surface area contributed by atoms with Gasteiger partial charge in [0.1, 0.15) is 86.4 Å². The van der Waals surface area contributed by atoms with Crippen LogP contribution in [-0.2, 0) is 99.7 Å². The third-order valence-electron chi connectivity index (χ3n) is 15.4. The van der Waals surface area contributed by atoms with Crippen LogP contribution in [0.25, 0.3) is 43.1 Å². The number of hydrogen-bond acceptors (Lipinski definition) is 42. The maximum absolute atomic E-state index is 13.4. The number of aryl methyl sites for hydroxylation is 1. The van der Waals surface area contributed by atoms with Gasteiger partial charge in [-0.05, 0) is 103 Å². The van der Waals surface area contributed by atoms with Crippen LogP contribution in [0.1, 0.15) is 12.0 Å². The number of fused-ring (bicyclic) bond motifs is 4. The molecule has 16 N–H and O–H groups in total. The van der Waals surface area contributed by atoms with Crippen molar-refractivity contribution in [2.75, 3.05) is 18.1 Å². The van der Waals surface area contributed by atoms with Gasteiger partial charge >= 0.3 is 0 Å². The van der Waals surface area contributed by atoms with E-state index in [-0.39, 0.29) is 65.3 Å². The Morgan fingerprint density at radius 2 is 0.896 bits per heavy atom. The molecule has 10 rings (SSSR count). The van der Waals surface area contributed by atoms with E-state index in [0.29, 0.717) is 66.6 Å². The zero-order valence-corrected chi connectivity index (χ0v) is 63.8. The molecule has 0 radical (unpaired) electrons. The summed E-state index contributed by atoms with van der Waals surface area (Å²) in [6, 6.07) is 10.9. The van der Waals surface area contributed by atoms with Gasteiger partial charge in [-0.3, -0.25) is 46.5 Å². The number of nitro groups is 1. The number of nitro benzene ring substituents is 1. The maximum atomic E-state index is 13.4. The highest BCUT2D eigenvalue weighted by atomic mass is 32.3. The molecule has 0 atom stereocenters. The van der Waals surface area contributed by atoms with Gasteiger partial charge in [0, 0.05) is 69.0 Å². The Balaban J connectivity index is 1.07. The van der Waals surface area contributed by atoms with Crippen molar-refractivity contribution in [3.8, 4) is 28.7 Å². The number of non-ortho nitro benzene ring substituents is 1. The molecule has 0 saturated heterocycles. The number of aromatic hydroxyl groups is 4. The molecule has 0 aliphatic rings. The molecule has 0 heterocycles. The lowest BCUT2D eigenvalue weighted by molar-refractivity contribution is -0.432. The Morgan fingerprint density at radius 1 is 0.426 bits per heavy atom. The minimum absolute atomic E-state index is 0.0343. The van der Waals surface area contributed by atoms with E-state index in [4.69, 9.17) is 21.0 Å². The van der Waals surface area contributed by atoms with Gasteiger partial charge in [-0.15, -0.1) is 54.7 Å². The van der Waals surface area contributed by atoms with E-state index in [1.165, 1.54) is 6.92 Å². The fourth-order valence-electron chi connectivity index (χ4n) is 10.6. The van der Waals surface area contributed by atoms with Crippen LogP contribution in [0.15, 0.2) is 198 Å². The summed E-state index contributed by atoms with van der Waals surface area (Å²) in [6.07, 6.45) is 0.0600. The minimum atomic E-state index is -5.93. The van der Waals surface area contributed by atoms with E-state index in [1.54, 1.807) is 0 Å². The average molecular weight is 1800 g/mol. The molecule has 0 unspecified atom stereocenters. The molecular weight excluding hydrogens is 1750 g/mol. The molecule has 10 aromatic carbocycles. The second-order valence-corrected chi connectivity index (χ2v) is 35.3. The van der Waals surface area contributed by atoms with Crippen molar-refractivity contribution in [3.63, 3.8) is 0 Å². The van der Waals surface area contributed by atoms with Crippen molar-refractivity contribution in [1.82, 2.24) is 0 Å². The Morgan fingerprint density at radius 3 is 1.40 bits per heavy atom. The van der Waals surface area contributed by atoms with Crippen LogP contribution in [0, 0.1) is 17.0 Å². The fourth-order valence-corrected chi connectivity index (χ4v) is 16.8. The average Bonchev–Trinajstić information content (AvgIpc) is 0.742. The van der Waals surface area contributed by atoms with Crippen molar-refractivity contribution >= 4 is 216 Å². The van der Waals surface area contributed by atoms with Crippen molar-refractivity contribution in [2.24, 2.45) is 51.1 Å². The number of nitrogens with two attached hydrogens (primary N) is 1. The van der Waals surface area contributed by atoms with E-state index < -0.39 is 253 Å². The van der Waals surface area contributed by atoms with Crippen LogP contribution < -0.4 is 10.5 Å². The predicted octanol–water partition coefficient (Wildman–Crippen LogP) is 12.2. The van der Waals surface area contributed by atoms with Gasteiger partial charge in [0.25, 0.3) is 86.6 Å². The van der Waals surface area contributed by atoms with Crippen molar-refractivity contribution in [2.45, 2.75) is 57.4 Å². The van der Waals surface area contributed by atoms with E-state index in [9.17, 15) is 134 Å². The largest absolute Gasteiger partial charge is 0.507 e. The molecule has 0 fully saturated rings. The molecule has 49 nitrogen and oxygen atoms in total. The van der Waals surface area contributed by atoms with E-state index >= 15 is 0 Å². The molecule has 0 aliphatic heterocycles. The maximum Gasteiger partial charge on any atom is 0.297 e. The number of phenols is 4. The summed E-state index contributed by atoms with van der Waals surface area (Å²) in [4.78, 5) is -0.850. The first-order chi connectivity index (χ1) is 53.3. The van der Waals surface area contributed by atoms with Crippen LogP contribution in [0.2, 0.25) is 0 Å². The Hall–Kier alpha value is -10.8. The number of anilines is 1. The second-order valence-electron chi connectivity index (χ2n) is 22.7. The molecule has 608 valence electrons. The van der Waals surface area contributed by atoms with E-state index in [2.05, 4.69) is 69.9 Å². The third kappa shape index (κ3) is 18.8. The van der Waals surface area contributed by atoms with Crippen LogP contribution in [0.5, 0.6) is 28.7 Å². The smallest absolute Gasteiger partial charge is 0.297 e. The van der Waals surface area contributed by atoms with Crippen LogP contribution >= 0.6 is 24.1 Å². The van der Waals surface area contributed by atoms with Gasteiger partial charge in [0.05, 0.1) is 66.1 Å². The zero-order valence-electron chi connectivity index (χ0n) is 55.7. The molecule has 0 bridgehead atoms. The summed E-state index contributed by atoms with van der Waals surface area (Å²) >= 11 is 0.503. The number of hydrogen-bond donors (Lipinski definition) is 15. The van der Waals surface area contributed by atoms with Crippen molar-refractivity contribution in [1.29, 1.82) is 0 Å². The SMILES string of the molecule is Cc1cc(N=Nc2c(S(=O)(=O)O)cc3c(S(=O)(=O)O)c(N=Nc4c(S(=O)(=O)O)cc5c(S(=O)(=O)O)c(N=Nc6cc(S(=O)(=O)O)c7cc(SOOO)c(N=Nc8ccc([N+](=O)[O-])cc8S(=O)(=O)O)c(O)c7c6N)ccc5c4O)ccc3c2O)c(OCCCSOOO)cc1N=Nc1cc(S(=O)(=O)O)cc2cc(S(=O)(=O)O)cc(O)c12. The Bertz CT molecular complexity index is 7000. The van der Waals surface area contributed by atoms with Crippen molar-refractivity contribution in [3.05, 3.63) is 119 Å². The first-order valence-electron chi connectivity index (χ1n) is 29.6. The molecule has 0 spiro atoms. The van der Waals surface area contributed by atoms with Gasteiger partial charge in [0.15, 0.2) is 17.2 Å².